The van der Waals surface area contributed by atoms with Crippen LogP contribution in [0.1, 0.15) is 6.42 Å². The van der Waals surface area contributed by atoms with Gasteiger partial charge in [0.05, 0.1) is 6.42 Å². The first kappa shape index (κ1) is 8.53. The van der Waals surface area contributed by atoms with Crippen molar-refractivity contribution in [2.24, 2.45) is 5.73 Å². The van der Waals surface area contributed by atoms with Crippen molar-refractivity contribution in [2.45, 2.75) is 12.5 Å². The number of hydrogen-bond acceptors (Lipinski definition) is 3. The Bertz CT molecular complexity index is 136. The second-order valence-corrected chi connectivity index (χ2v) is 2.37. The smallest absolute Gasteiger partial charge is 0.305 e. The van der Waals surface area contributed by atoms with Gasteiger partial charge in [-0.2, -0.15) is 0 Å². The lowest BCUT2D eigenvalue weighted by Gasteiger charge is -1.97. The summed E-state index contributed by atoms with van der Waals surface area (Å²) in [6.07, 6.45) is -0.275. The highest BCUT2D eigenvalue weighted by molar-refractivity contribution is 7.40. The maximum absolute atomic E-state index is 10.3. The molecule has 2 unspecified atom stereocenters. The number of carbonyl (C=O) groups is 2. The van der Waals surface area contributed by atoms with Gasteiger partial charge in [0.1, 0.15) is 6.04 Å². The van der Waals surface area contributed by atoms with Crippen LogP contribution >= 0.6 is 9.24 Å². The van der Waals surface area contributed by atoms with E-state index in [2.05, 4.69) is 0 Å². The van der Waals surface area contributed by atoms with Gasteiger partial charge in [0, 0.05) is 9.24 Å². The van der Waals surface area contributed by atoms with Crippen LogP contribution in [0.4, 0.5) is 0 Å². The van der Waals surface area contributed by atoms with Gasteiger partial charge in [-0.1, -0.05) is 0 Å². The molecule has 5 heteroatoms. The van der Waals surface area contributed by atoms with Gasteiger partial charge in [0.25, 0.3) is 5.52 Å². The van der Waals surface area contributed by atoms with Crippen molar-refractivity contribution in [1.82, 2.24) is 0 Å². The number of hydrogen-bond donors (Lipinski definition) is 2. The van der Waals surface area contributed by atoms with Crippen molar-refractivity contribution in [1.29, 1.82) is 0 Å². The second kappa shape index (κ2) is 3.54. The lowest BCUT2D eigenvalue weighted by Crippen LogP contribution is -2.29. The zero-order valence-corrected chi connectivity index (χ0v) is 6.25. The summed E-state index contributed by atoms with van der Waals surface area (Å²) in [7, 11) is 1.08. The Hall–Kier alpha value is -0.470. The van der Waals surface area contributed by atoms with Crippen molar-refractivity contribution in [3.8, 4) is 0 Å². The molecule has 0 aromatic carbocycles. The third-order valence-electron chi connectivity index (χ3n) is 0.808. The molecule has 0 saturated carbocycles. The van der Waals surface area contributed by atoms with Gasteiger partial charge in [-0.15, -0.1) is 0 Å². The highest BCUT2D eigenvalue weighted by Crippen LogP contribution is 1.95. The molecule has 0 aliphatic heterocycles. The molecule has 0 aliphatic rings. The Balaban J connectivity index is 3.63. The van der Waals surface area contributed by atoms with Gasteiger partial charge in [0.15, 0.2) is 0 Å². The van der Waals surface area contributed by atoms with Gasteiger partial charge >= 0.3 is 5.97 Å². The van der Waals surface area contributed by atoms with Gasteiger partial charge in [0.2, 0.25) is 0 Å². The van der Waals surface area contributed by atoms with Crippen LogP contribution in [0.25, 0.3) is 0 Å². The Morgan fingerprint density at radius 2 is 2.11 bits per heavy atom. The Morgan fingerprint density at radius 3 is 2.22 bits per heavy atom. The van der Waals surface area contributed by atoms with Gasteiger partial charge < -0.3 is 10.8 Å². The first-order chi connectivity index (χ1) is 4.04. The van der Waals surface area contributed by atoms with Crippen molar-refractivity contribution >= 4 is 20.7 Å². The molecule has 0 heterocycles. The maximum atomic E-state index is 10.3. The van der Waals surface area contributed by atoms with E-state index in [0.717, 1.165) is 9.24 Å². The fraction of sp³-hybridized carbons (Fsp3) is 0.500. The van der Waals surface area contributed by atoms with Crippen LogP contribution in [-0.4, -0.2) is 22.6 Å². The zero-order valence-electron chi connectivity index (χ0n) is 4.83. The monoisotopic (exact) mass is 150 g/mol. The van der Waals surface area contributed by atoms with Crippen molar-refractivity contribution in [2.75, 3.05) is 0 Å². The van der Waals surface area contributed by atoms with Crippen molar-refractivity contribution < 1.29 is 14.7 Å². The van der Waals surface area contributed by atoms with E-state index in [0.29, 0.717) is 0 Å². The van der Waals surface area contributed by atoms with Crippen LogP contribution in [0.15, 0.2) is 0 Å². The molecule has 0 aromatic heterocycles. The minimum atomic E-state index is -1.04. The Morgan fingerprint density at radius 1 is 1.67 bits per heavy atom. The molecule has 9 heavy (non-hydrogen) atoms. The molecule has 0 saturated heterocycles. The predicted octanol–water partition coefficient (Wildman–Crippen LogP) is -1.08. The largest absolute Gasteiger partial charge is 0.481 e. The van der Waals surface area contributed by atoms with E-state index in [1.807, 2.05) is 0 Å². The molecule has 0 aromatic rings. The number of aliphatic carboxylic acids is 1. The molecule has 0 bridgehead atoms. The van der Waals surface area contributed by atoms with E-state index < -0.39 is 12.0 Å². The van der Waals surface area contributed by atoms with E-state index >= 15 is 0 Å². The summed E-state index contributed by atoms with van der Waals surface area (Å²) >= 11 is 0. The normalized spacial score (nSPS) is 13.0. The average Bonchev–Trinajstić information content (AvgIpc) is 1.63. The number of carbonyl (C=O) groups excluding carboxylic acids is 1. The van der Waals surface area contributed by atoms with Crippen LogP contribution < -0.4 is 5.73 Å². The molecular weight excluding hydrogens is 141 g/mol. The lowest BCUT2D eigenvalue weighted by atomic mass is 10.2. The quantitative estimate of drug-likeness (QED) is 0.501. The van der Waals surface area contributed by atoms with Crippen LogP contribution in [0.5, 0.6) is 0 Å². The molecule has 0 amide bonds. The van der Waals surface area contributed by atoms with Crippen molar-refractivity contribution in [3.05, 3.63) is 0 Å². The van der Waals surface area contributed by atoms with E-state index in [9.17, 15) is 9.59 Å². The van der Waals surface area contributed by atoms with Gasteiger partial charge in [-0.3, -0.25) is 9.59 Å². The molecule has 0 spiro atoms. The molecule has 52 valence electrons. The maximum Gasteiger partial charge on any atom is 0.305 e. The minimum absolute atomic E-state index is 0.266. The topological polar surface area (TPSA) is 80.4 Å². The van der Waals surface area contributed by atoms with E-state index in [-0.39, 0.29) is 11.9 Å². The highest BCUT2D eigenvalue weighted by atomic mass is 31.0. The van der Waals surface area contributed by atoms with Gasteiger partial charge in [-0.05, 0) is 0 Å². The highest BCUT2D eigenvalue weighted by Gasteiger charge is 2.15. The first-order valence-electron chi connectivity index (χ1n) is 2.37. The Labute approximate surface area is 54.6 Å². The number of rotatable bonds is 3. The number of carboxylic acids is 1. The summed E-state index contributed by atoms with van der Waals surface area (Å²) in [5.41, 5.74) is 4.83. The first-order valence-corrected chi connectivity index (χ1v) is 3.08. The van der Waals surface area contributed by atoms with E-state index in [4.69, 9.17) is 10.8 Å². The van der Waals surface area contributed by atoms with E-state index in [1.165, 1.54) is 0 Å². The molecule has 2 atom stereocenters. The van der Waals surface area contributed by atoms with Crippen molar-refractivity contribution in [3.63, 3.8) is 0 Å². The fourth-order valence-corrected chi connectivity index (χ4v) is 0.446. The number of carboxylic acid groups (broad SMARTS) is 1. The summed E-state index contributed by atoms with van der Waals surface area (Å²) in [4.78, 5) is 20.2. The van der Waals surface area contributed by atoms with Crippen LogP contribution in [0.2, 0.25) is 0 Å². The summed E-state index contributed by atoms with van der Waals surface area (Å²) in [6.45, 7) is 0. The van der Waals surface area contributed by atoms with Crippen LogP contribution in [-0.2, 0) is 9.59 Å². The molecule has 0 fully saturated rings. The fourth-order valence-electron chi connectivity index (χ4n) is 0.302. The molecular formula is C4H9NO3P+. The predicted molar refractivity (Wildman–Crippen MR) is 36.3 cm³/mol. The second-order valence-electron chi connectivity index (χ2n) is 1.67. The molecule has 4 nitrogen and oxygen atoms in total. The summed E-state index contributed by atoms with van der Waals surface area (Å²) < 4.78 is 0. The average molecular weight is 150 g/mol. The third-order valence-corrected chi connectivity index (χ3v) is 1.33. The lowest BCUT2D eigenvalue weighted by molar-refractivity contribution is -0.138. The standard InChI is InChI=1S/C4H8NO3P/c5-2(4(8)9)1-3(6)7/h2H,1,5,9H2,(H,6,7)/p+1. The van der Waals surface area contributed by atoms with Gasteiger partial charge in [-0.25, -0.2) is 0 Å². The Kier molecular flexibility index (Phi) is 3.35. The summed E-state index contributed by atoms with van der Waals surface area (Å²) in [5.74, 6) is -1.04. The van der Waals surface area contributed by atoms with Crippen LogP contribution in [0.3, 0.4) is 0 Å². The summed E-state index contributed by atoms with van der Waals surface area (Å²) in [5, 5.41) is 8.10. The minimum Gasteiger partial charge on any atom is -0.481 e. The SMILES string of the molecule is NC(CC(=O)O)C(=O)[PH3+]. The molecule has 0 radical (unpaired) electrons. The zero-order chi connectivity index (χ0) is 7.44. The summed E-state index contributed by atoms with van der Waals surface area (Å²) in [6, 6.07) is -0.833. The molecule has 3 N–H and O–H groups in total. The van der Waals surface area contributed by atoms with E-state index in [1.54, 1.807) is 0 Å². The molecule has 0 rings (SSSR count). The molecule has 0 aliphatic carbocycles. The third kappa shape index (κ3) is 4.06. The number of nitrogens with two attached hydrogens (primary N) is 1. The van der Waals surface area contributed by atoms with Crippen LogP contribution in [0, 0.1) is 0 Å².